The van der Waals surface area contributed by atoms with Crippen molar-refractivity contribution < 1.29 is 0 Å². The van der Waals surface area contributed by atoms with E-state index in [1.54, 1.807) is 0 Å². The molecule has 0 aromatic heterocycles. The molecule has 3 nitrogen and oxygen atoms in total. The minimum Gasteiger partial charge on any atom is -0.329 e. The number of rotatable bonds is 7. The van der Waals surface area contributed by atoms with Gasteiger partial charge in [0.2, 0.25) is 0 Å². The molecule has 0 aliphatic heterocycles. The highest BCUT2D eigenvalue weighted by Crippen LogP contribution is 2.46. The second kappa shape index (κ2) is 7.43. The van der Waals surface area contributed by atoms with Crippen LogP contribution in [0.2, 0.25) is 0 Å². The summed E-state index contributed by atoms with van der Waals surface area (Å²) in [4.78, 5) is 5.01. The maximum Gasteiger partial charge on any atom is 0.0358 e. The zero-order valence-corrected chi connectivity index (χ0v) is 15.6. The smallest absolute Gasteiger partial charge is 0.0358 e. The average molecular weight is 298 g/mol. The Bertz CT molecular complexity index is 312. The number of hydrogen-bond acceptors (Lipinski definition) is 3. The van der Waals surface area contributed by atoms with E-state index in [4.69, 9.17) is 5.73 Å². The minimum absolute atomic E-state index is 0.204. The van der Waals surface area contributed by atoms with E-state index in [0.29, 0.717) is 17.3 Å². The molecule has 2 N–H and O–H groups in total. The number of likely N-dealkylation sites (N-methyl/N-ethyl adjacent to an activating group) is 1. The molecule has 1 fully saturated rings. The van der Waals surface area contributed by atoms with Crippen LogP contribution in [0.15, 0.2) is 0 Å². The van der Waals surface area contributed by atoms with Crippen molar-refractivity contribution in [2.24, 2.45) is 23.0 Å². The van der Waals surface area contributed by atoms with Gasteiger partial charge < -0.3 is 10.6 Å². The normalized spacial score (nSPS) is 29.6. The highest BCUT2D eigenvalue weighted by Gasteiger charge is 2.46. The molecular formula is C18H39N3. The number of nitrogens with two attached hydrogens (primary N) is 1. The SMILES string of the molecule is CC(C)CN(CCN(C)C)C1(CN)CCC(C)(C)CC1C. The lowest BCUT2D eigenvalue weighted by atomic mass is 9.63. The van der Waals surface area contributed by atoms with Crippen LogP contribution in [0.3, 0.4) is 0 Å². The summed E-state index contributed by atoms with van der Waals surface area (Å²) in [5, 5.41) is 0. The Morgan fingerprint density at radius 1 is 1.14 bits per heavy atom. The molecule has 2 atom stereocenters. The summed E-state index contributed by atoms with van der Waals surface area (Å²) in [6.07, 6.45) is 3.84. The van der Waals surface area contributed by atoms with Crippen molar-refractivity contribution in [2.45, 2.75) is 59.4 Å². The van der Waals surface area contributed by atoms with Gasteiger partial charge in [-0.15, -0.1) is 0 Å². The Morgan fingerprint density at radius 3 is 2.19 bits per heavy atom. The summed E-state index contributed by atoms with van der Waals surface area (Å²) < 4.78 is 0. The van der Waals surface area contributed by atoms with Crippen molar-refractivity contribution in [1.29, 1.82) is 0 Å². The molecule has 0 aromatic rings. The van der Waals surface area contributed by atoms with Gasteiger partial charge in [-0.1, -0.05) is 34.6 Å². The predicted octanol–water partition coefficient (Wildman–Crippen LogP) is 3.05. The van der Waals surface area contributed by atoms with Gasteiger partial charge in [0.15, 0.2) is 0 Å². The van der Waals surface area contributed by atoms with E-state index in [9.17, 15) is 0 Å². The molecule has 2 unspecified atom stereocenters. The molecule has 0 amide bonds. The summed E-state index contributed by atoms with van der Waals surface area (Å²) in [6, 6.07) is 0. The molecule has 0 saturated heterocycles. The van der Waals surface area contributed by atoms with Crippen LogP contribution in [0.1, 0.15) is 53.9 Å². The van der Waals surface area contributed by atoms with Crippen LogP contribution < -0.4 is 5.73 Å². The van der Waals surface area contributed by atoms with Gasteiger partial charge in [-0.3, -0.25) is 4.90 Å². The third-order valence-electron chi connectivity index (χ3n) is 5.40. The Kier molecular flexibility index (Phi) is 6.70. The summed E-state index contributed by atoms with van der Waals surface area (Å²) >= 11 is 0. The topological polar surface area (TPSA) is 32.5 Å². The van der Waals surface area contributed by atoms with E-state index < -0.39 is 0 Å². The Morgan fingerprint density at radius 2 is 1.76 bits per heavy atom. The van der Waals surface area contributed by atoms with E-state index in [-0.39, 0.29) is 5.54 Å². The molecule has 126 valence electrons. The summed E-state index contributed by atoms with van der Waals surface area (Å²) in [5.41, 5.74) is 7.02. The van der Waals surface area contributed by atoms with E-state index >= 15 is 0 Å². The average Bonchev–Trinajstić information content (AvgIpc) is 2.34. The van der Waals surface area contributed by atoms with Crippen molar-refractivity contribution in [3.05, 3.63) is 0 Å². The molecule has 0 heterocycles. The molecule has 1 aliphatic carbocycles. The first-order valence-corrected chi connectivity index (χ1v) is 8.73. The lowest BCUT2D eigenvalue weighted by Crippen LogP contribution is -2.62. The fourth-order valence-corrected chi connectivity index (χ4v) is 4.08. The molecule has 1 rings (SSSR count). The maximum atomic E-state index is 6.34. The van der Waals surface area contributed by atoms with Crippen LogP contribution in [0.25, 0.3) is 0 Å². The van der Waals surface area contributed by atoms with Crippen molar-refractivity contribution in [1.82, 2.24) is 9.80 Å². The molecule has 1 saturated carbocycles. The third-order valence-corrected chi connectivity index (χ3v) is 5.40. The standard InChI is InChI=1S/C18H39N3/c1-15(2)13-21(11-10-20(6)7)18(14-19)9-8-17(4,5)12-16(18)3/h15-16H,8-14,19H2,1-7H3. The van der Waals surface area contributed by atoms with Gasteiger partial charge in [0.05, 0.1) is 0 Å². The van der Waals surface area contributed by atoms with Crippen LogP contribution in [-0.2, 0) is 0 Å². The monoisotopic (exact) mass is 297 g/mol. The largest absolute Gasteiger partial charge is 0.329 e. The molecule has 0 radical (unpaired) electrons. The molecule has 0 spiro atoms. The first-order valence-electron chi connectivity index (χ1n) is 8.73. The van der Waals surface area contributed by atoms with Gasteiger partial charge >= 0.3 is 0 Å². The first-order chi connectivity index (χ1) is 9.63. The third kappa shape index (κ3) is 4.94. The van der Waals surface area contributed by atoms with Crippen LogP contribution in [0, 0.1) is 17.3 Å². The van der Waals surface area contributed by atoms with Gasteiger partial charge in [0.1, 0.15) is 0 Å². The maximum absolute atomic E-state index is 6.34. The summed E-state index contributed by atoms with van der Waals surface area (Å²) in [7, 11) is 4.33. The highest BCUT2D eigenvalue weighted by molar-refractivity contribution is 5.02. The first kappa shape index (κ1) is 18.9. The molecule has 1 aliphatic rings. The molecule has 0 aromatic carbocycles. The highest BCUT2D eigenvalue weighted by atomic mass is 15.2. The van der Waals surface area contributed by atoms with Gasteiger partial charge in [-0.2, -0.15) is 0 Å². The van der Waals surface area contributed by atoms with Crippen molar-refractivity contribution in [3.8, 4) is 0 Å². The van der Waals surface area contributed by atoms with Crippen LogP contribution in [0.4, 0.5) is 0 Å². The number of nitrogens with zero attached hydrogens (tertiary/aromatic N) is 2. The fraction of sp³-hybridized carbons (Fsp3) is 1.00. The van der Waals surface area contributed by atoms with E-state index in [2.05, 4.69) is 58.5 Å². The van der Waals surface area contributed by atoms with E-state index in [1.807, 2.05) is 0 Å². The fourth-order valence-electron chi connectivity index (χ4n) is 4.08. The Hall–Kier alpha value is -0.120. The van der Waals surface area contributed by atoms with Gasteiger partial charge in [0.25, 0.3) is 0 Å². The van der Waals surface area contributed by atoms with Crippen LogP contribution in [-0.4, -0.2) is 55.6 Å². The van der Waals surface area contributed by atoms with E-state index in [0.717, 1.165) is 26.2 Å². The quantitative estimate of drug-likeness (QED) is 0.784. The lowest BCUT2D eigenvalue weighted by molar-refractivity contribution is -0.0304. The number of hydrogen-bond donors (Lipinski definition) is 1. The predicted molar refractivity (Wildman–Crippen MR) is 93.5 cm³/mol. The molecule has 3 heteroatoms. The Labute approximate surface area is 133 Å². The van der Waals surface area contributed by atoms with Gasteiger partial charge in [-0.25, -0.2) is 0 Å². The molecule has 21 heavy (non-hydrogen) atoms. The Balaban J connectivity index is 2.93. The summed E-state index contributed by atoms with van der Waals surface area (Å²) in [5.74, 6) is 1.37. The van der Waals surface area contributed by atoms with Crippen molar-refractivity contribution >= 4 is 0 Å². The molecular weight excluding hydrogens is 258 g/mol. The van der Waals surface area contributed by atoms with Crippen LogP contribution in [0.5, 0.6) is 0 Å². The van der Waals surface area contributed by atoms with Gasteiger partial charge in [-0.05, 0) is 50.6 Å². The lowest BCUT2D eigenvalue weighted by Gasteiger charge is -2.54. The second-order valence-electron chi connectivity index (χ2n) is 8.72. The molecule has 0 bridgehead atoms. The van der Waals surface area contributed by atoms with Gasteiger partial charge in [0, 0.05) is 31.7 Å². The minimum atomic E-state index is 0.204. The van der Waals surface area contributed by atoms with Crippen molar-refractivity contribution in [2.75, 3.05) is 40.3 Å². The van der Waals surface area contributed by atoms with Crippen molar-refractivity contribution in [3.63, 3.8) is 0 Å². The van der Waals surface area contributed by atoms with Crippen LogP contribution >= 0.6 is 0 Å². The van der Waals surface area contributed by atoms with E-state index in [1.165, 1.54) is 19.3 Å². The summed E-state index contributed by atoms with van der Waals surface area (Å²) in [6.45, 7) is 16.1. The second-order valence-corrected chi connectivity index (χ2v) is 8.72. The zero-order valence-electron chi connectivity index (χ0n) is 15.6. The zero-order chi connectivity index (χ0) is 16.3.